The van der Waals surface area contributed by atoms with E-state index in [1.54, 1.807) is 0 Å². The summed E-state index contributed by atoms with van der Waals surface area (Å²) in [4.78, 5) is 12.2. The first-order valence-electron chi connectivity index (χ1n) is 8.36. The lowest BCUT2D eigenvalue weighted by molar-refractivity contribution is -0.115. The third-order valence-corrected chi connectivity index (χ3v) is 3.60. The SMILES string of the molecule is CC(C)COc1ccccc1NC(=O)CNC(C)c1ccccc1. The lowest BCUT2D eigenvalue weighted by Gasteiger charge is -2.16. The molecule has 0 heterocycles. The summed E-state index contributed by atoms with van der Waals surface area (Å²) in [6.07, 6.45) is 0. The van der Waals surface area contributed by atoms with E-state index in [1.807, 2.05) is 61.5 Å². The van der Waals surface area contributed by atoms with Crippen molar-refractivity contribution >= 4 is 11.6 Å². The Labute approximate surface area is 144 Å². The first-order chi connectivity index (χ1) is 11.6. The molecule has 1 amide bonds. The third kappa shape index (κ3) is 5.70. The van der Waals surface area contributed by atoms with E-state index in [-0.39, 0.29) is 18.5 Å². The van der Waals surface area contributed by atoms with Gasteiger partial charge in [0.25, 0.3) is 0 Å². The fourth-order valence-corrected chi connectivity index (χ4v) is 2.25. The van der Waals surface area contributed by atoms with Gasteiger partial charge in [-0.05, 0) is 30.5 Å². The van der Waals surface area contributed by atoms with Crippen LogP contribution in [0.2, 0.25) is 0 Å². The Kier molecular flexibility index (Phi) is 6.82. The van der Waals surface area contributed by atoms with E-state index in [1.165, 1.54) is 0 Å². The van der Waals surface area contributed by atoms with E-state index in [0.717, 1.165) is 5.56 Å². The van der Waals surface area contributed by atoms with Crippen molar-refractivity contribution in [1.82, 2.24) is 5.32 Å². The number of benzene rings is 2. The summed E-state index contributed by atoms with van der Waals surface area (Å²) >= 11 is 0. The van der Waals surface area contributed by atoms with E-state index in [4.69, 9.17) is 4.74 Å². The van der Waals surface area contributed by atoms with Gasteiger partial charge in [-0.15, -0.1) is 0 Å². The second-order valence-electron chi connectivity index (χ2n) is 6.26. The minimum Gasteiger partial charge on any atom is -0.491 e. The molecule has 0 aromatic heterocycles. The maximum atomic E-state index is 12.2. The summed E-state index contributed by atoms with van der Waals surface area (Å²) in [7, 11) is 0. The Bertz CT molecular complexity index is 641. The van der Waals surface area contributed by atoms with Gasteiger partial charge in [-0.25, -0.2) is 0 Å². The van der Waals surface area contributed by atoms with Crippen molar-refractivity contribution in [1.29, 1.82) is 0 Å². The van der Waals surface area contributed by atoms with Gasteiger partial charge in [-0.3, -0.25) is 4.79 Å². The molecule has 24 heavy (non-hydrogen) atoms. The van der Waals surface area contributed by atoms with Gasteiger partial charge in [0.15, 0.2) is 0 Å². The molecule has 0 bridgehead atoms. The van der Waals surface area contributed by atoms with Crippen molar-refractivity contribution in [2.24, 2.45) is 5.92 Å². The average Bonchev–Trinajstić information content (AvgIpc) is 2.59. The number of carbonyl (C=O) groups is 1. The largest absolute Gasteiger partial charge is 0.491 e. The van der Waals surface area contributed by atoms with Gasteiger partial charge in [0.2, 0.25) is 5.91 Å². The first-order valence-corrected chi connectivity index (χ1v) is 8.36. The van der Waals surface area contributed by atoms with Gasteiger partial charge in [-0.2, -0.15) is 0 Å². The molecule has 2 aromatic rings. The Morgan fingerprint density at radius 1 is 1.00 bits per heavy atom. The standard InChI is InChI=1S/C20H26N2O2/c1-15(2)14-24-19-12-8-7-11-18(19)22-20(23)13-21-16(3)17-9-5-4-6-10-17/h4-12,15-16,21H,13-14H2,1-3H3,(H,22,23). The molecular formula is C20H26N2O2. The van der Waals surface area contributed by atoms with Crippen LogP contribution in [0.15, 0.2) is 54.6 Å². The number of anilines is 1. The molecule has 2 N–H and O–H groups in total. The molecule has 0 spiro atoms. The van der Waals surface area contributed by atoms with Crippen LogP contribution < -0.4 is 15.4 Å². The molecule has 0 aliphatic carbocycles. The van der Waals surface area contributed by atoms with E-state index in [2.05, 4.69) is 24.5 Å². The van der Waals surface area contributed by atoms with Crippen LogP contribution in [0.25, 0.3) is 0 Å². The van der Waals surface area contributed by atoms with Crippen LogP contribution >= 0.6 is 0 Å². The minimum atomic E-state index is -0.0848. The van der Waals surface area contributed by atoms with Gasteiger partial charge in [0.05, 0.1) is 18.8 Å². The molecule has 1 atom stereocenters. The van der Waals surface area contributed by atoms with Gasteiger partial charge in [0, 0.05) is 6.04 Å². The summed E-state index contributed by atoms with van der Waals surface area (Å²) in [6.45, 7) is 7.10. The number of ether oxygens (including phenoxy) is 1. The molecule has 1 unspecified atom stereocenters. The molecule has 2 aromatic carbocycles. The van der Waals surface area contributed by atoms with Crippen LogP contribution in [0.1, 0.15) is 32.4 Å². The van der Waals surface area contributed by atoms with Crippen LogP contribution in [0.3, 0.4) is 0 Å². The minimum absolute atomic E-state index is 0.0848. The molecule has 4 nitrogen and oxygen atoms in total. The summed E-state index contributed by atoms with van der Waals surface area (Å²) in [5.41, 5.74) is 1.86. The monoisotopic (exact) mass is 326 g/mol. The zero-order valence-corrected chi connectivity index (χ0v) is 14.6. The van der Waals surface area contributed by atoms with Gasteiger partial charge >= 0.3 is 0 Å². The number of rotatable bonds is 8. The molecule has 2 rings (SSSR count). The van der Waals surface area contributed by atoms with E-state index in [0.29, 0.717) is 24.0 Å². The number of nitrogens with one attached hydrogen (secondary N) is 2. The molecular weight excluding hydrogens is 300 g/mol. The van der Waals surface area contributed by atoms with Crippen molar-refractivity contribution in [3.05, 3.63) is 60.2 Å². The van der Waals surface area contributed by atoms with Crippen molar-refractivity contribution < 1.29 is 9.53 Å². The number of para-hydroxylation sites is 2. The van der Waals surface area contributed by atoms with E-state index >= 15 is 0 Å². The molecule has 0 fully saturated rings. The molecule has 0 saturated carbocycles. The van der Waals surface area contributed by atoms with E-state index in [9.17, 15) is 4.79 Å². The molecule has 128 valence electrons. The second kappa shape index (κ2) is 9.08. The summed E-state index contributed by atoms with van der Waals surface area (Å²) in [6, 6.07) is 17.7. The van der Waals surface area contributed by atoms with Gasteiger partial charge in [-0.1, -0.05) is 56.3 Å². The highest BCUT2D eigenvalue weighted by Crippen LogP contribution is 2.24. The highest BCUT2D eigenvalue weighted by Gasteiger charge is 2.10. The lowest BCUT2D eigenvalue weighted by Crippen LogP contribution is -2.30. The van der Waals surface area contributed by atoms with Crippen LogP contribution in [-0.4, -0.2) is 19.1 Å². The summed E-state index contributed by atoms with van der Waals surface area (Å²) < 4.78 is 5.76. The smallest absolute Gasteiger partial charge is 0.238 e. The molecule has 0 aliphatic heterocycles. The molecule has 4 heteroatoms. The van der Waals surface area contributed by atoms with Crippen molar-refractivity contribution in [2.75, 3.05) is 18.5 Å². The van der Waals surface area contributed by atoms with Gasteiger partial charge in [0.1, 0.15) is 5.75 Å². The normalized spacial score (nSPS) is 12.0. The summed E-state index contributed by atoms with van der Waals surface area (Å²) in [5.74, 6) is 1.05. The second-order valence-corrected chi connectivity index (χ2v) is 6.26. The maximum absolute atomic E-state index is 12.2. The Hall–Kier alpha value is -2.33. The Balaban J connectivity index is 1.88. The number of hydrogen-bond acceptors (Lipinski definition) is 3. The van der Waals surface area contributed by atoms with E-state index < -0.39 is 0 Å². The Morgan fingerprint density at radius 3 is 2.38 bits per heavy atom. The van der Waals surface area contributed by atoms with Crippen LogP contribution in [0.4, 0.5) is 5.69 Å². The number of carbonyl (C=O) groups excluding carboxylic acids is 1. The molecule has 0 saturated heterocycles. The zero-order chi connectivity index (χ0) is 17.4. The molecule has 0 aliphatic rings. The third-order valence-electron chi connectivity index (χ3n) is 3.60. The predicted octanol–water partition coefficient (Wildman–Crippen LogP) is 4.01. The van der Waals surface area contributed by atoms with Crippen LogP contribution in [-0.2, 0) is 4.79 Å². The number of amides is 1. The van der Waals surface area contributed by atoms with Crippen LogP contribution in [0, 0.1) is 5.92 Å². The van der Waals surface area contributed by atoms with Crippen molar-refractivity contribution in [3.8, 4) is 5.75 Å². The highest BCUT2D eigenvalue weighted by atomic mass is 16.5. The quantitative estimate of drug-likeness (QED) is 0.770. The maximum Gasteiger partial charge on any atom is 0.238 e. The number of hydrogen-bond donors (Lipinski definition) is 2. The highest BCUT2D eigenvalue weighted by molar-refractivity contribution is 5.93. The lowest BCUT2D eigenvalue weighted by atomic mass is 10.1. The topological polar surface area (TPSA) is 50.4 Å². The summed E-state index contributed by atoms with van der Waals surface area (Å²) in [5, 5.41) is 6.15. The predicted molar refractivity (Wildman–Crippen MR) is 98.3 cm³/mol. The Morgan fingerprint density at radius 2 is 1.67 bits per heavy atom. The molecule has 0 radical (unpaired) electrons. The average molecular weight is 326 g/mol. The van der Waals surface area contributed by atoms with Crippen molar-refractivity contribution in [2.45, 2.75) is 26.8 Å². The fraction of sp³-hybridized carbons (Fsp3) is 0.350. The first kappa shape index (κ1) is 18.0. The van der Waals surface area contributed by atoms with Gasteiger partial charge < -0.3 is 15.4 Å². The zero-order valence-electron chi connectivity index (χ0n) is 14.6. The fourth-order valence-electron chi connectivity index (χ4n) is 2.25. The van der Waals surface area contributed by atoms with Crippen LogP contribution in [0.5, 0.6) is 5.75 Å². The van der Waals surface area contributed by atoms with Crippen molar-refractivity contribution in [3.63, 3.8) is 0 Å².